The predicted octanol–water partition coefficient (Wildman–Crippen LogP) is 3.56. The molecule has 0 heterocycles. The van der Waals surface area contributed by atoms with Crippen LogP contribution in [0.1, 0.15) is 49.4 Å². The Labute approximate surface area is 216 Å². The third-order valence-corrected chi connectivity index (χ3v) is 8.06. The largest absolute Gasteiger partial charge is 0.352 e. The van der Waals surface area contributed by atoms with Crippen LogP contribution in [0.5, 0.6) is 0 Å². The second-order valence-corrected chi connectivity index (χ2v) is 11.7. The number of carbonyl (C=O) groups is 2. The fraction of sp³-hybridized carbons (Fsp3) is 0.481. The molecule has 2 rings (SSSR count). The Hall–Kier alpha value is -2.91. The summed E-state index contributed by atoms with van der Waals surface area (Å²) in [4.78, 5) is 28.3. The fourth-order valence-electron chi connectivity index (χ4n) is 3.75. The number of aryl methyl sites for hydroxylation is 3. The summed E-state index contributed by atoms with van der Waals surface area (Å²) in [7, 11) is -1.12. The molecule has 0 saturated carbocycles. The van der Waals surface area contributed by atoms with Crippen LogP contribution < -0.4 is 9.62 Å². The first-order valence-corrected chi connectivity index (χ1v) is 13.6. The number of amides is 2. The van der Waals surface area contributed by atoms with E-state index >= 15 is 0 Å². The lowest BCUT2D eigenvalue weighted by molar-refractivity contribution is -0.139. The summed E-state index contributed by atoms with van der Waals surface area (Å²) in [6.45, 7) is 10.9. The smallest absolute Gasteiger partial charge is 0.304 e. The molecule has 2 aromatic carbocycles. The first kappa shape index (κ1) is 29.3. The maximum Gasteiger partial charge on any atom is 0.304 e. The molecule has 0 aliphatic rings. The van der Waals surface area contributed by atoms with Gasteiger partial charge in [-0.3, -0.25) is 9.59 Å². The maximum absolute atomic E-state index is 13.8. The Morgan fingerprint density at radius 2 is 1.61 bits per heavy atom. The molecular weight excluding hydrogens is 476 g/mol. The topological polar surface area (TPSA) is 90.0 Å². The summed E-state index contributed by atoms with van der Waals surface area (Å²) >= 11 is 0. The monoisotopic (exact) mass is 516 g/mol. The van der Waals surface area contributed by atoms with E-state index in [2.05, 4.69) is 5.32 Å². The van der Waals surface area contributed by atoms with Gasteiger partial charge in [-0.15, -0.1) is 0 Å². The second-order valence-electron chi connectivity index (χ2n) is 9.59. The maximum atomic E-state index is 13.8. The van der Waals surface area contributed by atoms with Crippen molar-refractivity contribution in [2.45, 2.75) is 66.6 Å². The molecule has 0 radical (unpaired) electrons. The Bertz CT molecular complexity index is 1180. The highest BCUT2D eigenvalue weighted by Crippen LogP contribution is 2.26. The van der Waals surface area contributed by atoms with Gasteiger partial charge in [-0.2, -0.15) is 12.7 Å². The van der Waals surface area contributed by atoms with Crippen LogP contribution in [-0.2, 0) is 26.3 Å². The molecule has 0 spiro atoms. The van der Waals surface area contributed by atoms with Gasteiger partial charge in [-0.05, 0) is 63.8 Å². The van der Waals surface area contributed by atoms with Gasteiger partial charge in [0.15, 0.2) is 0 Å². The highest BCUT2D eigenvalue weighted by Gasteiger charge is 2.33. The van der Waals surface area contributed by atoms with Crippen LogP contribution in [0.3, 0.4) is 0 Å². The molecule has 1 N–H and O–H groups in total. The van der Waals surface area contributed by atoms with E-state index in [1.165, 1.54) is 19.0 Å². The van der Waals surface area contributed by atoms with Gasteiger partial charge < -0.3 is 10.2 Å². The van der Waals surface area contributed by atoms with E-state index in [4.69, 9.17) is 0 Å². The van der Waals surface area contributed by atoms with Gasteiger partial charge in [-0.1, -0.05) is 48.9 Å². The number of rotatable bonds is 11. The minimum atomic E-state index is -3.99. The zero-order valence-electron chi connectivity index (χ0n) is 22.7. The van der Waals surface area contributed by atoms with Crippen LogP contribution in [0.4, 0.5) is 5.69 Å². The second kappa shape index (κ2) is 12.4. The molecule has 198 valence electrons. The standard InChI is InChI=1S/C27H40N4O4S/c1-9-22(5)28-27(33)23(6)30(17-24-12-10-11-19(2)15-24)26(32)18-31(36(34,35)29(7)8)25-16-20(3)13-14-21(25)4/h10-16,22-23H,9,17-18H2,1-8H3,(H,28,33)/t22-,23-/m0/s1. The molecule has 0 aliphatic heterocycles. The van der Waals surface area contributed by atoms with Crippen molar-refractivity contribution < 1.29 is 18.0 Å². The quantitative estimate of drug-likeness (QED) is 0.495. The van der Waals surface area contributed by atoms with Crippen molar-refractivity contribution in [2.24, 2.45) is 0 Å². The molecule has 0 fully saturated rings. The van der Waals surface area contributed by atoms with Gasteiger partial charge in [0, 0.05) is 26.7 Å². The van der Waals surface area contributed by atoms with Crippen molar-refractivity contribution in [3.63, 3.8) is 0 Å². The zero-order valence-corrected chi connectivity index (χ0v) is 23.5. The van der Waals surface area contributed by atoms with Gasteiger partial charge in [0.25, 0.3) is 0 Å². The van der Waals surface area contributed by atoms with E-state index in [0.29, 0.717) is 5.69 Å². The minimum absolute atomic E-state index is 0.0450. The molecular formula is C27H40N4O4S. The van der Waals surface area contributed by atoms with E-state index in [-0.39, 0.29) is 18.5 Å². The molecule has 2 aromatic rings. The average Bonchev–Trinajstić information content (AvgIpc) is 2.81. The molecule has 0 aliphatic carbocycles. The lowest BCUT2D eigenvalue weighted by Crippen LogP contribution is -2.53. The molecule has 0 unspecified atom stereocenters. The van der Waals surface area contributed by atoms with Crippen molar-refractivity contribution in [3.05, 3.63) is 64.7 Å². The number of hydrogen-bond acceptors (Lipinski definition) is 4. The number of carbonyl (C=O) groups excluding carboxylic acids is 2. The SMILES string of the molecule is CC[C@H](C)NC(=O)[C@H](C)N(Cc1cccc(C)c1)C(=O)CN(c1cc(C)ccc1C)S(=O)(=O)N(C)C. The summed E-state index contributed by atoms with van der Waals surface area (Å²) in [5.41, 5.74) is 3.93. The normalized spacial score (nSPS) is 13.2. The highest BCUT2D eigenvalue weighted by molar-refractivity contribution is 7.90. The molecule has 2 amide bonds. The van der Waals surface area contributed by atoms with Crippen molar-refractivity contribution in [1.82, 2.24) is 14.5 Å². The predicted molar refractivity (Wildman–Crippen MR) is 145 cm³/mol. The number of benzene rings is 2. The molecule has 0 aromatic heterocycles. The van der Waals surface area contributed by atoms with Gasteiger partial charge in [0.1, 0.15) is 12.6 Å². The van der Waals surface area contributed by atoms with Crippen molar-refractivity contribution in [2.75, 3.05) is 24.9 Å². The van der Waals surface area contributed by atoms with Crippen molar-refractivity contribution >= 4 is 27.7 Å². The first-order chi connectivity index (χ1) is 16.8. The van der Waals surface area contributed by atoms with Gasteiger partial charge in [0.2, 0.25) is 11.8 Å². The summed E-state index contributed by atoms with van der Waals surface area (Å²) in [5, 5.41) is 2.94. The summed E-state index contributed by atoms with van der Waals surface area (Å²) in [6, 6.07) is 12.4. The zero-order chi connectivity index (χ0) is 27.2. The van der Waals surface area contributed by atoms with Crippen LogP contribution in [0.25, 0.3) is 0 Å². The molecule has 9 heteroatoms. The van der Waals surface area contributed by atoms with E-state index < -0.39 is 28.7 Å². The van der Waals surface area contributed by atoms with Crippen LogP contribution in [0.15, 0.2) is 42.5 Å². The first-order valence-electron chi connectivity index (χ1n) is 12.2. The minimum Gasteiger partial charge on any atom is -0.352 e. The van der Waals surface area contributed by atoms with Gasteiger partial charge in [0.05, 0.1) is 5.69 Å². The number of anilines is 1. The van der Waals surface area contributed by atoms with E-state index in [9.17, 15) is 18.0 Å². The van der Waals surface area contributed by atoms with Crippen molar-refractivity contribution in [1.29, 1.82) is 0 Å². The molecule has 0 bridgehead atoms. The van der Waals surface area contributed by atoms with Crippen LogP contribution >= 0.6 is 0 Å². The van der Waals surface area contributed by atoms with Gasteiger partial charge >= 0.3 is 10.2 Å². The number of nitrogens with zero attached hydrogens (tertiary/aromatic N) is 3. The summed E-state index contributed by atoms with van der Waals surface area (Å²) in [5.74, 6) is -0.742. The summed E-state index contributed by atoms with van der Waals surface area (Å²) in [6.07, 6.45) is 0.756. The number of nitrogens with one attached hydrogen (secondary N) is 1. The van der Waals surface area contributed by atoms with Crippen LogP contribution in [0.2, 0.25) is 0 Å². The molecule has 36 heavy (non-hydrogen) atoms. The van der Waals surface area contributed by atoms with E-state index in [1.54, 1.807) is 13.0 Å². The molecule has 0 saturated heterocycles. The Kier molecular flexibility index (Phi) is 10.1. The van der Waals surface area contributed by atoms with Crippen LogP contribution in [0, 0.1) is 20.8 Å². The highest BCUT2D eigenvalue weighted by atomic mass is 32.2. The average molecular weight is 517 g/mol. The lowest BCUT2D eigenvalue weighted by Gasteiger charge is -2.33. The Morgan fingerprint density at radius 3 is 2.19 bits per heavy atom. The lowest BCUT2D eigenvalue weighted by atomic mass is 10.1. The third kappa shape index (κ3) is 7.30. The third-order valence-electron chi connectivity index (χ3n) is 6.26. The molecule has 8 nitrogen and oxygen atoms in total. The van der Waals surface area contributed by atoms with Crippen LogP contribution in [-0.4, -0.2) is 62.2 Å². The van der Waals surface area contributed by atoms with Crippen molar-refractivity contribution in [3.8, 4) is 0 Å². The Balaban J connectivity index is 2.51. The Morgan fingerprint density at radius 1 is 0.972 bits per heavy atom. The molecule has 2 atom stereocenters. The van der Waals surface area contributed by atoms with Gasteiger partial charge in [-0.25, -0.2) is 4.31 Å². The summed E-state index contributed by atoms with van der Waals surface area (Å²) < 4.78 is 28.9. The number of hydrogen-bond donors (Lipinski definition) is 1. The van der Waals surface area contributed by atoms with E-state index in [0.717, 1.165) is 37.3 Å². The fourth-order valence-corrected chi connectivity index (χ4v) is 4.86. The van der Waals surface area contributed by atoms with E-state index in [1.807, 2.05) is 71.0 Å².